The van der Waals surface area contributed by atoms with E-state index in [9.17, 15) is 27.2 Å². The highest BCUT2D eigenvalue weighted by Crippen LogP contribution is 2.42. The second kappa shape index (κ2) is 8.74. The monoisotopic (exact) mass is 532 g/mol. The minimum atomic E-state index is -4.83. The minimum Gasteiger partial charge on any atom is -0.335 e. The van der Waals surface area contributed by atoms with Crippen molar-refractivity contribution in [3.8, 4) is 0 Å². The van der Waals surface area contributed by atoms with Crippen LogP contribution in [-0.2, 0) is 6.18 Å². The Morgan fingerprint density at radius 1 is 1.06 bits per heavy atom. The predicted octanol–water partition coefficient (Wildman–Crippen LogP) is 4.45. The molecule has 13 heteroatoms. The normalized spacial score (nSPS) is 17.9. The molecule has 2 aliphatic rings. The molecule has 34 heavy (non-hydrogen) atoms. The summed E-state index contributed by atoms with van der Waals surface area (Å²) in [6.07, 6.45) is -3.24. The number of thiazole rings is 1. The molecule has 2 aromatic heterocycles. The molecule has 0 unspecified atom stereocenters. The molecule has 0 radical (unpaired) electrons. The first-order valence-electron chi connectivity index (χ1n) is 10.3. The molecule has 2 fully saturated rings. The lowest BCUT2D eigenvalue weighted by Gasteiger charge is -2.48. The van der Waals surface area contributed by atoms with Crippen LogP contribution in [0.25, 0.3) is 10.1 Å². The molecule has 0 N–H and O–H groups in total. The minimum absolute atomic E-state index is 0.0320. The molecule has 2 aliphatic heterocycles. The van der Waals surface area contributed by atoms with Crippen molar-refractivity contribution < 1.29 is 27.2 Å². The van der Waals surface area contributed by atoms with Gasteiger partial charge in [0.05, 0.1) is 15.3 Å². The van der Waals surface area contributed by atoms with Gasteiger partial charge in [0, 0.05) is 62.3 Å². The fraction of sp³-hybridized carbons (Fsp3) is 0.381. The van der Waals surface area contributed by atoms with Gasteiger partial charge in [0.25, 0.3) is 11.8 Å². The van der Waals surface area contributed by atoms with Crippen molar-refractivity contribution >= 4 is 56.2 Å². The summed E-state index contributed by atoms with van der Waals surface area (Å²) < 4.78 is 53.3. The number of halogens is 5. The summed E-state index contributed by atoms with van der Waals surface area (Å²) in [5, 5.41) is 2.29. The molecule has 3 aromatic rings. The van der Waals surface area contributed by atoms with Crippen LogP contribution in [0.4, 0.5) is 17.6 Å². The number of benzene rings is 1. The van der Waals surface area contributed by atoms with E-state index in [0.29, 0.717) is 61.7 Å². The SMILES string of the molecule is O=C(c1nccs1)N1CCN(C2CN(C(=O)c3sc4c(F)c(C(F)(F)F)ccc4c3Cl)C2)CC1. The lowest BCUT2D eigenvalue weighted by atomic mass is 10.1. The number of nitrogens with zero attached hydrogens (tertiary/aromatic N) is 4. The Kier molecular flexibility index (Phi) is 6.03. The van der Waals surface area contributed by atoms with Crippen LogP contribution in [0.1, 0.15) is 25.0 Å². The molecule has 180 valence electrons. The Bertz CT molecular complexity index is 1250. The van der Waals surface area contributed by atoms with Gasteiger partial charge in [-0.2, -0.15) is 13.2 Å². The summed E-state index contributed by atoms with van der Waals surface area (Å²) in [5.41, 5.74) is -1.38. The lowest BCUT2D eigenvalue weighted by Crippen LogP contribution is -2.64. The molecule has 2 amide bonds. The molecule has 0 saturated carbocycles. The van der Waals surface area contributed by atoms with Crippen molar-refractivity contribution in [1.82, 2.24) is 19.7 Å². The summed E-state index contributed by atoms with van der Waals surface area (Å²) >= 11 is 8.20. The highest BCUT2D eigenvalue weighted by atomic mass is 35.5. The van der Waals surface area contributed by atoms with E-state index in [1.165, 1.54) is 11.3 Å². The summed E-state index contributed by atoms with van der Waals surface area (Å²) in [7, 11) is 0. The topological polar surface area (TPSA) is 56.8 Å². The third kappa shape index (κ3) is 4.06. The standard InChI is InChI=1S/C21H17ClF4N4O2S2/c22-14-12-1-2-13(21(24,25)26)15(23)16(12)34-17(14)19(31)30-9-11(10-30)28-4-6-29(7-5-28)20(32)18-27-3-8-33-18/h1-3,8,11H,4-7,9-10H2. The Morgan fingerprint density at radius 3 is 2.38 bits per heavy atom. The van der Waals surface area contributed by atoms with E-state index in [1.54, 1.807) is 21.4 Å². The van der Waals surface area contributed by atoms with Crippen molar-refractivity contribution in [2.45, 2.75) is 12.2 Å². The first-order chi connectivity index (χ1) is 16.1. The average molecular weight is 533 g/mol. The fourth-order valence-corrected chi connectivity index (χ4v) is 6.32. The molecule has 0 bridgehead atoms. The van der Waals surface area contributed by atoms with Gasteiger partial charge in [0.1, 0.15) is 4.88 Å². The second-order valence-electron chi connectivity index (χ2n) is 8.08. The molecule has 2 saturated heterocycles. The molecular weight excluding hydrogens is 516 g/mol. The second-order valence-corrected chi connectivity index (χ2v) is 10.4. The van der Waals surface area contributed by atoms with Crippen LogP contribution in [0.15, 0.2) is 23.7 Å². The maximum atomic E-state index is 14.5. The molecule has 1 aromatic carbocycles. The summed E-state index contributed by atoms with van der Waals surface area (Å²) in [4.78, 5) is 35.0. The van der Waals surface area contributed by atoms with Crippen LogP contribution in [0, 0.1) is 5.82 Å². The maximum absolute atomic E-state index is 14.5. The molecule has 0 atom stereocenters. The number of hydrogen-bond donors (Lipinski definition) is 0. The van der Waals surface area contributed by atoms with Crippen molar-refractivity contribution in [3.63, 3.8) is 0 Å². The van der Waals surface area contributed by atoms with E-state index in [-0.39, 0.29) is 31.9 Å². The number of aromatic nitrogens is 1. The van der Waals surface area contributed by atoms with Crippen molar-refractivity contribution in [1.29, 1.82) is 0 Å². The van der Waals surface area contributed by atoms with Crippen LogP contribution in [0.5, 0.6) is 0 Å². The van der Waals surface area contributed by atoms with Gasteiger partial charge in [0.2, 0.25) is 0 Å². The van der Waals surface area contributed by atoms with E-state index in [0.717, 1.165) is 6.07 Å². The molecule has 0 spiro atoms. The van der Waals surface area contributed by atoms with Gasteiger partial charge in [-0.25, -0.2) is 9.37 Å². The number of alkyl halides is 3. The number of rotatable bonds is 3. The first-order valence-corrected chi connectivity index (χ1v) is 12.4. The lowest BCUT2D eigenvalue weighted by molar-refractivity contribution is -0.139. The Hall–Kier alpha value is -2.28. The average Bonchev–Trinajstić information content (AvgIpc) is 3.41. The van der Waals surface area contributed by atoms with Crippen LogP contribution >= 0.6 is 34.3 Å². The molecular formula is C21H17ClF4N4O2S2. The van der Waals surface area contributed by atoms with Gasteiger partial charge >= 0.3 is 6.18 Å². The molecule has 6 nitrogen and oxygen atoms in total. The number of amides is 2. The highest BCUT2D eigenvalue weighted by molar-refractivity contribution is 7.21. The molecule has 5 rings (SSSR count). The summed E-state index contributed by atoms with van der Waals surface area (Å²) in [6, 6.07) is 1.86. The highest BCUT2D eigenvalue weighted by Gasteiger charge is 2.39. The predicted molar refractivity (Wildman–Crippen MR) is 121 cm³/mol. The van der Waals surface area contributed by atoms with Crippen molar-refractivity contribution in [2.75, 3.05) is 39.3 Å². The number of hydrogen-bond acceptors (Lipinski definition) is 6. The van der Waals surface area contributed by atoms with Crippen LogP contribution in [0.2, 0.25) is 5.02 Å². The summed E-state index contributed by atoms with van der Waals surface area (Å²) in [6.45, 7) is 3.32. The third-order valence-electron chi connectivity index (χ3n) is 6.12. The van der Waals surface area contributed by atoms with Gasteiger partial charge in [-0.3, -0.25) is 14.5 Å². The van der Waals surface area contributed by atoms with Gasteiger partial charge in [-0.15, -0.1) is 22.7 Å². The van der Waals surface area contributed by atoms with E-state index in [4.69, 9.17) is 11.6 Å². The maximum Gasteiger partial charge on any atom is 0.419 e. The van der Waals surface area contributed by atoms with E-state index in [2.05, 4.69) is 9.88 Å². The molecule has 0 aliphatic carbocycles. The number of thiophene rings is 1. The van der Waals surface area contributed by atoms with E-state index >= 15 is 0 Å². The van der Waals surface area contributed by atoms with E-state index < -0.39 is 23.5 Å². The van der Waals surface area contributed by atoms with Gasteiger partial charge in [-0.1, -0.05) is 17.7 Å². The Balaban J connectivity index is 1.22. The zero-order chi connectivity index (χ0) is 24.2. The Labute approximate surface area is 204 Å². The van der Waals surface area contributed by atoms with Crippen LogP contribution < -0.4 is 0 Å². The summed E-state index contributed by atoms with van der Waals surface area (Å²) in [5.74, 6) is -1.92. The van der Waals surface area contributed by atoms with Crippen molar-refractivity contribution in [2.24, 2.45) is 0 Å². The number of carbonyl (C=O) groups excluding carboxylic acids is 2. The third-order valence-corrected chi connectivity index (χ3v) is 8.57. The van der Waals surface area contributed by atoms with E-state index in [1.807, 2.05) is 0 Å². The number of likely N-dealkylation sites (tertiary alicyclic amines) is 1. The fourth-order valence-electron chi connectivity index (χ4n) is 4.20. The Morgan fingerprint density at radius 2 is 1.76 bits per heavy atom. The largest absolute Gasteiger partial charge is 0.419 e. The zero-order valence-electron chi connectivity index (χ0n) is 17.4. The quantitative estimate of drug-likeness (QED) is 0.468. The van der Waals surface area contributed by atoms with Crippen LogP contribution in [0.3, 0.4) is 0 Å². The molecule has 4 heterocycles. The van der Waals surface area contributed by atoms with Gasteiger partial charge in [-0.05, 0) is 6.07 Å². The van der Waals surface area contributed by atoms with Crippen molar-refractivity contribution in [3.05, 3.63) is 50.0 Å². The van der Waals surface area contributed by atoms with Gasteiger partial charge < -0.3 is 9.80 Å². The number of carbonyl (C=O) groups is 2. The van der Waals surface area contributed by atoms with Gasteiger partial charge in [0.15, 0.2) is 10.8 Å². The van der Waals surface area contributed by atoms with Crippen LogP contribution in [-0.4, -0.2) is 76.8 Å². The smallest absolute Gasteiger partial charge is 0.335 e. The number of fused-ring (bicyclic) bond motifs is 1. The first kappa shape index (κ1) is 23.5. The zero-order valence-corrected chi connectivity index (χ0v) is 19.8. The number of piperazine rings is 1.